The van der Waals surface area contributed by atoms with E-state index in [1.165, 1.54) is 5.56 Å². The Hall–Kier alpha value is -2.39. The fraction of sp³-hybridized carbons (Fsp3) is 0.286. The zero-order valence-corrected chi connectivity index (χ0v) is 14.3. The Balaban J connectivity index is 2.17. The zero-order chi connectivity index (χ0) is 17.0. The lowest BCUT2D eigenvalue weighted by Crippen LogP contribution is -2.21. The second-order valence-electron chi connectivity index (χ2n) is 6.83. The lowest BCUT2D eigenvalue weighted by atomic mass is 9.98. The number of pyridine rings is 1. The molecule has 1 aromatic heterocycles. The molecule has 0 spiro atoms. The molecular weight excluding hydrogens is 296 g/mol. The third-order valence-electron chi connectivity index (χ3n) is 5.17. The number of benzene rings is 2. The van der Waals surface area contributed by atoms with Crippen molar-refractivity contribution in [3.05, 3.63) is 69.4 Å². The van der Waals surface area contributed by atoms with Crippen LogP contribution in [0.1, 0.15) is 49.4 Å². The highest BCUT2D eigenvalue weighted by atomic mass is 16.1. The quantitative estimate of drug-likeness (QED) is 0.771. The smallest absolute Gasteiger partial charge is 0.195 e. The molecule has 0 radical (unpaired) electrons. The van der Waals surface area contributed by atoms with E-state index >= 15 is 0 Å². The van der Waals surface area contributed by atoms with Crippen molar-refractivity contribution in [2.75, 3.05) is 0 Å². The second kappa shape index (κ2) is 5.32. The van der Waals surface area contributed by atoms with Crippen molar-refractivity contribution in [3.8, 4) is 11.3 Å². The summed E-state index contributed by atoms with van der Waals surface area (Å²) < 4.78 is 2.24. The van der Waals surface area contributed by atoms with Gasteiger partial charge in [-0.3, -0.25) is 4.79 Å². The Morgan fingerprint density at radius 2 is 1.92 bits per heavy atom. The van der Waals surface area contributed by atoms with Gasteiger partial charge in [0.1, 0.15) is 0 Å². The minimum Gasteiger partial charge on any atom is -0.340 e. The first kappa shape index (κ1) is 15.2. The number of aryl methyl sites for hydroxylation is 1. The summed E-state index contributed by atoms with van der Waals surface area (Å²) in [4.78, 5) is 13.2. The largest absolute Gasteiger partial charge is 0.340 e. The number of nitrogens with two attached hydrogens (primary N) is 1. The molecule has 3 nitrogen and oxygen atoms in total. The SMILES string of the molecule is CCn1c2c(c(=O)c3cc(C(C)C)ccc31)C(N)c1ccccc1-2. The number of hydrogen-bond acceptors (Lipinski definition) is 2. The van der Waals surface area contributed by atoms with Crippen LogP contribution in [0.3, 0.4) is 0 Å². The van der Waals surface area contributed by atoms with Gasteiger partial charge in [0.05, 0.1) is 17.3 Å². The minimum absolute atomic E-state index is 0.0795. The van der Waals surface area contributed by atoms with E-state index in [9.17, 15) is 4.79 Å². The average Bonchev–Trinajstić information content (AvgIpc) is 2.89. The third-order valence-corrected chi connectivity index (χ3v) is 5.17. The first-order valence-electron chi connectivity index (χ1n) is 8.59. The van der Waals surface area contributed by atoms with Crippen molar-refractivity contribution in [1.82, 2.24) is 4.57 Å². The van der Waals surface area contributed by atoms with Gasteiger partial charge in [0, 0.05) is 23.1 Å². The minimum atomic E-state index is -0.339. The predicted octanol–water partition coefficient (Wildman–Crippen LogP) is 4.17. The standard InChI is InChI=1S/C21H22N2O/c1-4-23-17-10-9-13(12(2)3)11-16(17)21(24)18-19(22)14-7-5-6-8-15(14)20(18)23/h5-12,19H,4,22H2,1-3H3. The molecule has 0 amide bonds. The molecule has 4 rings (SSSR count). The molecule has 1 unspecified atom stereocenters. The summed E-state index contributed by atoms with van der Waals surface area (Å²) in [5.74, 6) is 0.392. The van der Waals surface area contributed by atoms with Gasteiger partial charge in [-0.1, -0.05) is 44.2 Å². The molecule has 1 aliphatic rings. The summed E-state index contributed by atoms with van der Waals surface area (Å²) in [6.07, 6.45) is 0. The number of rotatable bonds is 2. The van der Waals surface area contributed by atoms with Gasteiger partial charge >= 0.3 is 0 Å². The topological polar surface area (TPSA) is 48.0 Å². The van der Waals surface area contributed by atoms with Crippen LogP contribution in [0.2, 0.25) is 0 Å². The van der Waals surface area contributed by atoms with Gasteiger partial charge in [0.25, 0.3) is 0 Å². The van der Waals surface area contributed by atoms with Crippen LogP contribution in [0.25, 0.3) is 22.2 Å². The maximum atomic E-state index is 13.2. The van der Waals surface area contributed by atoms with Gasteiger partial charge in [-0.15, -0.1) is 0 Å². The lowest BCUT2D eigenvalue weighted by Gasteiger charge is -2.17. The fourth-order valence-corrected chi connectivity index (χ4v) is 3.90. The highest BCUT2D eigenvalue weighted by Crippen LogP contribution is 2.41. The molecule has 1 heterocycles. The molecule has 0 saturated carbocycles. The molecule has 1 atom stereocenters. The third kappa shape index (κ3) is 1.91. The van der Waals surface area contributed by atoms with Crippen molar-refractivity contribution in [3.63, 3.8) is 0 Å². The highest BCUT2D eigenvalue weighted by Gasteiger charge is 2.31. The van der Waals surface area contributed by atoms with Crippen LogP contribution in [0.4, 0.5) is 0 Å². The number of hydrogen-bond donors (Lipinski definition) is 1. The molecule has 0 aliphatic heterocycles. The molecule has 1 aliphatic carbocycles. The first-order valence-corrected chi connectivity index (χ1v) is 8.59. The first-order chi connectivity index (χ1) is 11.5. The number of fused-ring (bicyclic) bond motifs is 4. The van der Waals surface area contributed by atoms with Crippen molar-refractivity contribution in [1.29, 1.82) is 0 Å². The Kier molecular flexibility index (Phi) is 3.36. The average molecular weight is 318 g/mol. The van der Waals surface area contributed by atoms with Crippen LogP contribution in [-0.4, -0.2) is 4.57 Å². The summed E-state index contributed by atoms with van der Waals surface area (Å²) in [7, 11) is 0. The number of aromatic nitrogens is 1. The van der Waals surface area contributed by atoms with Crippen LogP contribution in [0.5, 0.6) is 0 Å². The van der Waals surface area contributed by atoms with Crippen molar-refractivity contribution < 1.29 is 0 Å². The second-order valence-corrected chi connectivity index (χ2v) is 6.83. The highest BCUT2D eigenvalue weighted by molar-refractivity contribution is 5.88. The molecule has 24 heavy (non-hydrogen) atoms. The molecule has 122 valence electrons. The maximum absolute atomic E-state index is 13.2. The lowest BCUT2D eigenvalue weighted by molar-refractivity contribution is 0.784. The van der Waals surface area contributed by atoms with Gasteiger partial charge in [-0.2, -0.15) is 0 Å². The molecule has 0 bridgehead atoms. The van der Waals surface area contributed by atoms with Crippen molar-refractivity contribution >= 4 is 10.9 Å². The Labute approximate surface area is 141 Å². The van der Waals surface area contributed by atoms with Gasteiger partial charge in [-0.25, -0.2) is 0 Å². The Bertz CT molecular complexity index is 1010. The fourth-order valence-electron chi connectivity index (χ4n) is 3.90. The molecular formula is C21H22N2O. The van der Waals surface area contributed by atoms with Crippen LogP contribution in [0.15, 0.2) is 47.3 Å². The van der Waals surface area contributed by atoms with E-state index in [4.69, 9.17) is 5.73 Å². The van der Waals surface area contributed by atoms with E-state index in [0.717, 1.165) is 39.8 Å². The van der Waals surface area contributed by atoms with E-state index in [1.54, 1.807) is 0 Å². The van der Waals surface area contributed by atoms with Crippen molar-refractivity contribution in [2.45, 2.75) is 39.3 Å². The molecule has 3 aromatic rings. The molecule has 2 aromatic carbocycles. The Morgan fingerprint density at radius 3 is 2.62 bits per heavy atom. The number of nitrogens with zero attached hydrogens (tertiary/aromatic N) is 1. The molecule has 0 fully saturated rings. The van der Waals surface area contributed by atoms with E-state index in [2.05, 4.69) is 43.5 Å². The zero-order valence-electron chi connectivity index (χ0n) is 14.3. The van der Waals surface area contributed by atoms with Crippen LogP contribution >= 0.6 is 0 Å². The van der Waals surface area contributed by atoms with Crippen molar-refractivity contribution in [2.24, 2.45) is 5.73 Å². The molecule has 2 N–H and O–H groups in total. The molecule has 0 saturated heterocycles. The monoisotopic (exact) mass is 318 g/mol. The molecule has 3 heteroatoms. The summed E-state index contributed by atoms with van der Waals surface area (Å²) in [6.45, 7) is 7.22. The van der Waals surface area contributed by atoms with Crippen LogP contribution < -0.4 is 11.2 Å². The normalized spacial score (nSPS) is 15.8. The van der Waals surface area contributed by atoms with Crippen LogP contribution in [0, 0.1) is 0 Å². The predicted molar refractivity (Wildman–Crippen MR) is 99.4 cm³/mol. The van der Waals surface area contributed by atoms with E-state index in [0.29, 0.717) is 5.92 Å². The van der Waals surface area contributed by atoms with E-state index < -0.39 is 0 Å². The maximum Gasteiger partial charge on any atom is 0.195 e. The van der Waals surface area contributed by atoms with E-state index in [1.807, 2.05) is 24.3 Å². The van der Waals surface area contributed by atoms with Gasteiger partial charge in [0.2, 0.25) is 0 Å². The Morgan fingerprint density at radius 1 is 1.17 bits per heavy atom. The summed E-state index contributed by atoms with van der Waals surface area (Å²) in [5, 5.41) is 0.782. The van der Waals surface area contributed by atoms with Gasteiger partial charge in [0.15, 0.2) is 5.43 Å². The van der Waals surface area contributed by atoms with Gasteiger partial charge < -0.3 is 10.3 Å². The summed E-state index contributed by atoms with van der Waals surface area (Å²) in [5.41, 5.74) is 12.6. The summed E-state index contributed by atoms with van der Waals surface area (Å²) >= 11 is 0. The van der Waals surface area contributed by atoms with E-state index in [-0.39, 0.29) is 11.5 Å². The van der Waals surface area contributed by atoms with Crippen LogP contribution in [-0.2, 0) is 6.54 Å². The summed E-state index contributed by atoms with van der Waals surface area (Å²) in [6, 6.07) is 14.0. The van der Waals surface area contributed by atoms with Gasteiger partial charge in [-0.05, 0) is 36.1 Å².